The average Bonchev–Trinajstić information content (AvgIpc) is 2.65. The zero-order valence-electron chi connectivity index (χ0n) is 8.00. The molecule has 0 heteroatoms. The normalized spacial score (nSPS) is 42.5. The van der Waals surface area contributed by atoms with Crippen molar-refractivity contribution in [3.63, 3.8) is 0 Å². The van der Waals surface area contributed by atoms with E-state index >= 15 is 0 Å². The summed E-state index contributed by atoms with van der Waals surface area (Å²) >= 11 is 0. The molecule has 3 rings (SSSR count). The fraction of sp³-hybridized carbons (Fsp3) is 0.615. The highest BCUT2D eigenvalue weighted by atomic mass is 14.4. The second-order valence-corrected chi connectivity index (χ2v) is 4.62. The van der Waals surface area contributed by atoms with Crippen LogP contribution in [0.15, 0.2) is 23.8 Å². The van der Waals surface area contributed by atoms with Gasteiger partial charge in [-0.25, -0.2) is 0 Å². The van der Waals surface area contributed by atoms with E-state index in [1.807, 2.05) is 0 Å². The van der Waals surface area contributed by atoms with Gasteiger partial charge in [0.2, 0.25) is 0 Å². The highest BCUT2D eigenvalue weighted by molar-refractivity contribution is 5.36. The van der Waals surface area contributed by atoms with Crippen LogP contribution in [-0.2, 0) is 0 Å². The minimum absolute atomic E-state index is 0.749. The molecule has 0 heterocycles. The molecule has 0 aromatic heterocycles. The predicted octanol–water partition coefficient (Wildman–Crippen LogP) is 3.39. The Morgan fingerprint density at radius 3 is 3.15 bits per heavy atom. The van der Waals surface area contributed by atoms with Crippen LogP contribution in [0.5, 0.6) is 0 Å². The van der Waals surface area contributed by atoms with Gasteiger partial charge in [-0.2, -0.15) is 0 Å². The zero-order valence-corrected chi connectivity index (χ0v) is 8.00. The van der Waals surface area contributed by atoms with Crippen molar-refractivity contribution in [2.24, 2.45) is 17.8 Å². The molecule has 2 fully saturated rings. The molecule has 0 aromatic carbocycles. The fourth-order valence-electron chi connectivity index (χ4n) is 3.26. The first-order chi connectivity index (χ1) is 6.45. The van der Waals surface area contributed by atoms with Crippen molar-refractivity contribution >= 4 is 0 Å². The minimum Gasteiger partial charge on any atom is -0.0770 e. The van der Waals surface area contributed by atoms with Crippen molar-refractivity contribution in [2.45, 2.75) is 32.1 Å². The molecule has 0 aliphatic heterocycles. The predicted molar refractivity (Wildman–Crippen MR) is 54.0 cm³/mol. The van der Waals surface area contributed by atoms with Gasteiger partial charge in [-0.1, -0.05) is 43.1 Å². The van der Waals surface area contributed by atoms with Gasteiger partial charge in [0, 0.05) is 12.3 Å². The molecule has 0 bridgehead atoms. The molecule has 3 atom stereocenters. The smallest absolute Gasteiger partial charge is 0.0129 e. The molecule has 3 aliphatic carbocycles. The summed E-state index contributed by atoms with van der Waals surface area (Å²) in [5.41, 5.74) is 1.49. The third-order valence-electron chi connectivity index (χ3n) is 3.95. The average molecular weight is 172 g/mol. The monoisotopic (exact) mass is 172 g/mol. The van der Waals surface area contributed by atoms with E-state index in [1.54, 1.807) is 0 Å². The SMILES string of the molecule is [C]1CC2CCCCC2C2C=CC=C12. The van der Waals surface area contributed by atoms with Crippen LogP contribution in [0.3, 0.4) is 0 Å². The molecule has 13 heavy (non-hydrogen) atoms. The molecule has 0 saturated heterocycles. The Bertz CT molecular complexity index is 259. The van der Waals surface area contributed by atoms with Gasteiger partial charge in [-0.05, 0) is 24.7 Å². The van der Waals surface area contributed by atoms with Crippen LogP contribution in [0.4, 0.5) is 0 Å². The largest absolute Gasteiger partial charge is 0.0770 e. The van der Waals surface area contributed by atoms with Gasteiger partial charge in [0.1, 0.15) is 0 Å². The van der Waals surface area contributed by atoms with Crippen LogP contribution in [-0.4, -0.2) is 0 Å². The summed E-state index contributed by atoms with van der Waals surface area (Å²) in [5, 5.41) is 0. The maximum Gasteiger partial charge on any atom is 0.0129 e. The van der Waals surface area contributed by atoms with Gasteiger partial charge in [-0.15, -0.1) is 0 Å². The molecule has 0 aromatic rings. The number of hydrogen-bond acceptors (Lipinski definition) is 0. The lowest BCUT2D eigenvalue weighted by Gasteiger charge is -2.40. The van der Waals surface area contributed by atoms with Gasteiger partial charge in [0.15, 0.2) is 0 Å². The van der Waals surface area contributed by atoms with E-state index in [0.29, 0.717) is 0 Å². The lowest BCUT2D eigenvalue weighted by Crippen LogP contribution is -2.30. The van der Waals surface area contributed by atoms with E-state index < -0.39 is 0 Å². The first kappa shape index (κ1) is 7.84. The van der Waals surface area contributed by atoms with E-state index in [9.17, 15) is 0 Å². The van der Waals surface area contributed by atoms with Crippen LogP contribution >= 0.6 is 0 Å². The number of hydrogen-bond donors (Lipinski definition) is 0. The van der Waals surface area contributed by atoms with Gasteiger partial charge in [0.05, 0.1) is 0 Å². The Morgan fingerprint density at radius 2 is 2.15 bits per heavy atom. The third-order valence-corrected chi connectivity index (χ3v) is 3.95. The Morgan fingerprint density at radius 1 is 1.23 bits per heavy atom. The van der Waals surface area contributed by atoms with Gasteiger partial charge < -0.3 is 0 Å². The van der Waals surface area contributed by atoms with Gasteiger partial charge >= 0.3 is 0 Å². The van der Waals surface area contributed by atoms with Crippen LogP contribution in [0.25, 0.3) is 0 Å². The van der Waals surface area contributed by atoms with Crippen LogP contribution in [0.2, 0.25) is 0 Å². The molecule has 3 aliphatic rings. The van der Waals surface area contributed by atoms with E-state index in [0.717, 1.165) is 17.8 Å². The molecular weight excluding hydrogens is 156 g/mol. The molecule has 0 spiro atoms. The second kappa shape index (κ2) is 3.01. The molecule has 0 N–H and O–H groups in total. The van der Waals surface area contributed by atoms with E-state index in [-0.39, 0.29) is 0 Å². The van der Waals surface area contributed by atoms with E-state index in [2.05, 4.69) is 24.6 Å². The van der Waals surface area contributed by atoms with E-state index in [1.165, 1.54) is 37.7 Å². The molecule has 0 nitrogen and oxygen atoms in total. The van der Waals surface area contributed by atoms with E-state index in [4.69, 9.17) is 0 Å². The lowest BCUT2D eigenvalue weighted by atomic mass is 9.64. The summed E-state index contributed by atoms with van der Waals surface area (Å²) in [4.78, 5) is 0. The summed E-state index contributed by atoms with van der Waals surface area (Å²) < 4.78 is 0. The molecular formula is C13H16. The quantitative estimate of drug-likeness (QED) is 0.525. The first-order valence-electron chi connectivity index (χ1n) is 5.57. The molecule has 3 unspecified atom stereocenters. The maximum absolute atomic E-state index is 3.58. The highest BCUT2D eigenvalue weighted by Gasteiger charge is 2.37. The summed E-state index contributed by atoms with van der Waals surface area (Å²) in [6.45, 7) is 0. The summed E-state index contributed by atoms with van der Waals surface area (Å²) in [6, 6.07) is 0. The fourth-order valence-corrected chi connectivity index (χ4v) is 3.26. The third kappa shape index (κ3) is 1.19. The topological polar surface area (TPSA) is 0 Å². The van der Waals surface area contributed by atoms with Crippen molar-refractivity contribution in [1.29, 1.82) is 0 Å². The molecule has 2 saturated carbocycles. The first-order valence-corrected chi connectivity index (χ1v) is 5.57. The maximum atomic E-state index is 3.58. The lowest BCUT2D eigenvalue weighted by molar-refractivity contribution is 0.184. The Balaban J connectivity index is 1.85. The van der Waals surface area contributed by atoms with Gasteiger partial charge in [0.25, 0.3) is 0 Å². The second-order valence-electron chi connectivity index (χ2n) is 4.62. The highest BCUT2D eigenvalue weighted by Crippen LogP contribution is 2.47. The van der Waals surface area contributed by atoms with Crippen LogP contribution in [0.1, 0.15) is 32.1 Å². The Kier molecular flexibility index (Phi) is 1.81. The van der Waals surface area contributed by atoms with Crippen LogP contribution in [0, 0.1) is 24.2 Å². The van der Waals surface area contributed by atoms with Crippen molar-refractivity contribution in [2.75, 3.05) is 0 Å². The standard InChI is InChI=1S/C13H16/c1-2-6-12-10(4-1)8-9-11-5-3-7-13(11)12/h3,5,7,10,12-13H,1-2,4,6,8H2. The summed E-state index contributed by atoms with van der Waals surface area (Å²) in [6.07, 6.45) is 17.5. The summed E-state index contributed by atoms with van der Waals surface area (Å²) in [7, 11) is 0. The molecule has 2 radical (unpaired) electrons. The van der Waals surface area contributed by atoms with Crippen molar-refractivity contribution in [1.82, 2.24) is 0 Å². The zero-order chi connectivity index (χ0) is 8.67. The van der Waals surface area contributed by atoms with Crippen molar-refractivity contribution in [3.05, 3.63) is 30.2 Å². The van der Waals surface area contributed by atoms with Gasteiger partial charge in [-0.3, -0.25) is 0 Å². The minimum atomic E-state index is 0.749. The summed E-state index contributed by atoms with van der Waals surface area (Å²) in [5.74, 6) is 2.66. The number of fused-ring (bicyclic) bond motifs is 3. The van der Waals surface area contributed by atoms with Crippen molar-refractivity contribution in [3.8, 4) is 0 Å². The number of allylic oxidation sites excluding steroid dienone is 4. The molecule has 68 valence electrons. The Hall–Kier alpha value is -0.520. The number of rotatable bonds is 0. The van der Waals surface area contributed by atoms with Crippen molar-refractivity contribution < 1.29 is 0 Å². The Labute approximate surface area is 80.7 Å². The molecule has 0 amide bonds. The van der Waals surface area contributed by atoms with Crippen LogP contribution < -0.4 is 0 Å².